The van der Waals surface area contributed by atoms with Gasteiger partial charge in [0.15, 0.2) is 0 Å². The Labute approximate surface area is 210 Å². The smallest absolute Gasteiger partial charge is 0.408 e. The van der Waals surface area contributed by atoms with E-state index in [0.717, 1.165) is 0 Å². The zero-order valence-corrected chi connectivity index (χ0v) is 23.3. The Morgan fingerprint density at radius 1 is 1.06 bits per heavy atom. The minimum Gasteiger partial charge on any atom is -0.508 e. The lowest BCUT2D eigenvalue weighted by Crippen LogP contribution is -2.58. The number of benzene rings is 1. The molecular weight excluding hydrogens is 446 g/mol. The van der Waals surface area contributed by atoms with Crippen LogP contribution in [0.1, 0.15) is 92.8 Å². The second kappa shape index (κ2) is 11.8. The maximum Gasteiger partial charge on any atom is 0.408 e. The van der Waals surface area contributed by atoms with E-state index in [2.05, 4.69) is 10.6 Å². The standard InChI is InChI=1S/C27H45N3O5/c1-12-18(5)30(24(33)21(16(2)3)28-25(34)35-27(9,10)11)22(23(32)29-26(6,7)8)19-13-14-20(31)17(4)15-19/h13-16,18,21-22,31H,12H2,1-11H3,(H,28,34)(H,29,32). The molecule has 0 aliphatic heterocycles. The largest absolute Gasteiger partial charge is 0.508 e. The van der Waals surface area contributed by atoms with Crippen LogP contribution in [0.3, 0.4) is 0 Å². The van der Waals surface area contributed by atoms with Crippen LogP contribution in [0.4, 0.5) is 4.79 Å². The third kappa shape index (κ3) is 9.07. The number of nitrogens with zero attached hydrogens (tertiary/aromatic N) is 1. The van der Waals surface area contributed by atoms with E-state index < -0.39 is 29.3 Å². The van der Waals surface area contributed by atoms with Crippen LogP contribution in [0.25, 0.3) is 0 Å². The van der Waals surface area contributed by atoms with Gasteiger partial charge < -0.3 is 25.4 Å². The minimum absolute atomic E-state index is 0.108. The molecule has 0 aliphatic carbocycles. The first-order chi connectivity index (χ1) is 15.9. The van der Waals surface area contributed by atoms with Gasteiger partial charge in [-0.1, -0.05) is 26.8 Å². The number of carbonyl (C=O) groups is 3. The third-order valence-corrected chi connectivity index (χ3v) is 5.49. The number of ether oxygens (including phenoxy) is 1. The quantitative estimate of drug-likeness (QED) is 0.483. The fourth-order valence-corrected chi connectivity index (χ4v) is 3.63. The molecule has 0 aliphatic rings. The van der Waals surface area contributed by atoms with Crippen LogP contribution in [0, 0.1) is 12.8 Å². The van der Waals surface area contributed by atoms with E-state index in [1.54, 1.807) is 44.7 Å². The molecule has 0 bridgehead atoms. The molecule has 1 aromatic rings. The number of aromatic hydroxyl groups is 1. The number of amides is 3. The van der Waals surface area contributed by atoms with Crippen molar-refractivity contribution in [2.45, 2.75) is 112 Å². The fraction of sp³-hybridized carbons (Fsp3) is 0.667. The molecule has 0 aromatic heterocycles. The van der Waals surface area contributed by atoms with E-state index >= 15 is 0 Å². The number of carbonyl (C=O) groups excluding carboxylic acids is 3. The number of alkyl carbamates (subject to hydrolysis) is 1. The van der Waals surface area contributed by atoms with Crippen LogP contribution < -0.4 is 10.6 Å². The van der Waals surface area contributed by atoms with Crippen LogP contribution in [0.2, 0.25) is 0 Å². The number of rotatable bonds is 8. The molecular formula is C27H45N3O5. The summed E-state index contributed by atoms with van der Waals surface area (Å²) in [4.78, 5) is 41.8. The topological polar surface area (TPSA) is 108 Å². The molecule has 1 rings (SSSR count). The Hall–Kier alpha value is -2.77. The molecule has 0 saturated carbocycles. The van der Waals surface area contributed by atoms with E-state index in [1.807, 2.05) is 48.5 Å². The fourth-order valence-electron chi connectivity index (χ4n) is 3.63. The predicted octanol–water partition coefficient (Wildman–Crippen LogP) is 4.83. The molecule has 0 heterocycles. The van der Waals surface area contributed by atoms with Crippen LogP contribution in [0.5, 0.6) is 5.75 Å². The molecule has 1 aromatic carbocycles. The van der Waals surface area contributed by atoms with Crippen molar-refractivity contribution >= 4 is 17.9 Å². The highest BCUT2D eigenvalue weighted by Crippen LogP contribution is 2.30. The van der Waals surface area contributed by atoms with E-state index in [9.17, 15) is 19.5 Å². The van der Waals surface area contributed by atoms with E-state index in [1.165, 1.54) is 6.07 Å². The van der Waals surface area contributed by atoms with Crippen LogP contribution >= 0.6 is 0 Å². The van der Waals surface area contributed by atoms with E-state index in [-0.39, 0.29) is 29.5 Å². The average molecular weight is 492 g/mol. The second-order valence-corrected chi connectivity index (χ2v) is 11.6. The molecule has 0 fully saturated rings. The number of nitrogens with one attached hydrogen (secondary N) is 2. The number of aryl methyl sites for hydroxylation is 1. The molecule has 0 saturated heterocycles. The summed E-state index contributed by atoms with van der Waals surface area (Å²) in [6.45, 7) is 20.1. The molecule has 198 valence electrons. The molecule has 35 heavy (non-hydrogen) atoms. The van der Waals surface area contributed by atoms with Gasteiger partial charge in [0.05, 0.1) is 0 Å². The van der Waals surface area contributed by atoms with Gasteiger partial charge in [0, 0.05) is 11.6 Å². The summed E-state index contributed by atoms with van der Waals surface area (Å²) in [7, 11) is 0. The van der Waals surface area contributed by atoms with Crippen molar-refractivity contribution in [2.75, 3.05) is 0 Å². The predicted molar refractivity (Wildman–Crippen MR) is 138 cm³/mol. The lowest BCUT2D eigenvalue weighted by molar-refractivity contribution is -0.146. The molecule has 3 atom stereocenters. The summed E-state index contributed by atoms with van der Waals surface area (Å²) >= 11 is 0. The maximum atomic E-state index is 14.0. The van der Waals surface area contributed by atoms with Crippen molar-refractivity contribution in [2.24, 2.45) is 5.92 Å². The molecule has 0 spiro atoms. The Balaban J connectivity index is 3.60. The van der Waals surface area contributed by atoms with E-state index in [0.29, 0.717) is 17.5 Å². The van der Waals surface area contributed by atoms with Gasteiger partial charge in [-0.25, -0.2) is 4.79 Å². The van der Waals surface area contributed by atoms with Crippen molar-refractivity contribution in [1.29, 1.82) is 0 Å². The highest BCUT2D eigenvalue weighted by Gasteiger charge is 2.40. The van der Waals surface area contributed by atoms with Crippen molar-refractivity contribution in [3.05, 3.63) is 29.3 Å². The molecule has 3 unspecified atom stereocenters. The summed E-state index contributed by atoms with van der Waals surface area (Å²) in [6, 6.07) is 2.73. The Bertz CT molecular complexity index is 899. The number of hydrogen-bond acceptors (Lipinski definition) is 5. The molecule has 3 N–H and O–H groups in total. The average Bonchev–Trinajstić information content (AvgIpc) is 2.68. The summed E-state index contributed by atoms with van der Waals surface area (Å²) < 4.78 is 5.39. The summed E-state index contributed by atoms with van der Waals surface area (Å²) in [5, 5.41) is 15.8. The first-order valence-electron chi connectivity index (χ1n) is 12.3. The van der Waals surface area contributed by atoms with Crippen LogP contribution in [-0.4, -0.2) is 51.1 Å². The van der Waals surface area contributed by atoms with Gasteiger partial charge in [0.1, 0.15) is 23.4 Å². The Morgan fingerprint density at radius 2 is 1.63 bits per heavy atom. The molecule has 8 nitrogen and oxygen atoms in total. The molecule has 3 amide bonds. The van der Waals surface area contributed by atoms with Gasteiger partial charge in [-0.15, -0.1) is 0 Å². The van der Waals surface area contributed by atoms with Crippen molar-refractivity contribution < 1.29 is 24.2 Å². The zero-order chi connectivity index (χ0) is 27.3. The van der Waals surface area contributed by atoms with Gasteiger partial charge >= 0.3 is 6.09 Å². The lowest BCUT2D eigenvalue weighted by atomic mass is 9.95. The van der Waals surface area contributed by atoms with Crippen molar-refractivity contribution in [3.8, 4) is 5.75 Å². The monoisotopic (exact) mass is 491 g/mol. The first-order valence-corrected chi connectivity index (χ1v) is 12.3. The normalized spacial score (nSPS) is 14.6. The van der Waals surface area contributed by atoms with Gasteiger partial charge in [-0.2, -0.15) is 0 Å². The highest BCUT2D eigenvalue weighted by molar-refractivity contribution is 5.92. The summed E-state index contributed by atoms with van der Waals surface area (Å²) in [5.41, 5.74) is -0.0723. The number of phenolic OH excluding ortho intramolecular Hbond substituents is 1. The Kier molecular flexibility index (Phi) is 10.2. The zero-order valence-electron chi connectivity index (χ0n) is 23.3. The number of hydrogen-bond donors (Lipinski definition) is 3. The van der Waals surface area contributed by atoms with Gasteiger partial charge in [0.25, 0.3) is 0 Å². The second-order valence-electron chi connectivity index (χ2n) is 11.6. The van der Waals surface area contributed by atoms with Crippen molar-refractivity contribution in [1.82, 2.24) is 15.5 Å². The van der Waals surface area contributed by atoms with Crippen LogP contribution in [0.15, 0.2) is 18.2 Å². The SMILES string of the molecule is CCC(C)N(C(=O)C(NC(=O)OC(C)(C)C)C(C)C)C(C(=O)NC(C)(C)C)c1ccc(O)c(C)c1. The van der Waals surface area contributed by atoms with Gasteiger partial charge in [-0.3, -0.25) is 9.59 Å². The maximum absolute atomic E-state index is 14.0. The summed E-state index contributed by atoms with van der Waals surface area (Å²) in [5.74, 6) is -0.859. The molecule has 8 heteroatoms. The minimum atomic E-state index is -0.960. The van der Waals surface area contributed by atoms with Crippen LogP contribution in [-0.2, 0) is 14.3 Å². The third-order valence-electron chi connectivity index (χ3n) is 5.49. The number of phenols is 1. The summed E-state index contributed by atoms with van der Waals surface area (Å²) in [6.07, 6.45) is -0.0934. The van der Waals surface area contributed by atoms with Crippen molar-refractivity contribution in [3.63, 3.8) is 0 Å². The molecule has 0 radical (unpaired) electrons. The Morgan fingerprint density at radius 3 is 2.06 bits per heavy atom. The first kappa shape index (κ1) is 30.3. The van der Waals surface area contributed by atoms with E-state index in [4.69, 9.17) is 4.74 Å². The van der Waals surface area contributed by atoms with Gasteiger partial charge in [0.2, 0.25) is 11.8 Å². The lowest BCUT2D eigenvalue weighted by Gasteiger charge is -2.40. The van der Waals surface area contributed by atoms with Gasteiger partial charge in [-0.05, 0) is 91.0 Å². The highest BCUT2D eigenvalue weighted by atomic mass is 16.6.